The molecule has 1 aliphatic rings. The third-order valence-electron chi connectivity index (χ3n) is 17.0. The van der Waals surface area contributed by atoms with Crippen LogP contribution in [0.2, 0.25) is 0 Å². The van der Waals surface area contributed by atoms with E-state index >= 15 is 0 Å². The largest absolute Gasteiger partial charge is 0.384 e. The Kier molecular flexibility index (Phi) is 30.3. The zero-order valence-electron chi connectivity index (χ0n) is 56.2. The molecule has 0 spiro atoms. The zero-order chi connectivity index (χ0) is 68.7. The molecule has 0 radical (unpaired) electrons. The molecule has 10 amide bonds. The number of nitrogens with one attached hydrogen (secondary N) is 6. The van der Waals surface area contributed by atoms with E-state index in [-0.39, 0.29) is 81.8 Å². The van der Waals surface area contributed by atoms with E-state index in [1.165, 1.54) is 82.4 Å². The number of carbonyl (C=O) groups excluding carboxylic acids is 12. The molecule has 23 heteroatoms. The van der Waals surface area contributed by atoms with Gasteiger partial charge in [-0.05, 0) is 88.8 Å². The summed E-state index contributed by atoms with van der Waals surface area (Å²) in [5, 5.41) is 26.5. The van der Waals surface area contributed by atoms with Gasteiger partial charge in [0.25, 0.3) is 0 Å². The SMILES string of the molecule is CC(C)C[C@@H]1NC(=O)[C@H](NC(=O)[C@H](Cc2ccccc2)NC(=O)C(C)O)CCCCCC(=O)[C@H](C)NC(=O)[C@H](Cc2ccccc2)NC(=O)[C@H](C)NC(=O)[C@H](C)N(C)C(=O)[C@H](Cc2ccccc2)N(C)C(=O)[C@H](C)CC(=O)[C@H](CC(C)C)N(C)C(=O)[C@H](C)N(C)C1=O. The Labute approximate surface area is 542 Å². The Hall–Kier alpha value is -8.34. The van der Waals surface area contributed by atoms with Crippen LogP contribution in [0.5, 0.6) is 0 Å². The first-order chi connectivity index (χ1) is 43.3. The molecule has 1 saturated heterocycles. The fraction of sp³-hybridized carbons (Fsp3) is 0.565. The van der Waals surface area contributed by atoms with Crippen LogP contribution < -0.4 is 31.9 Å². The first-order valence-corrected chi connectivity index (χ1v) is 32.1. The summed E-state index contributed by atoms with van der Waals surface area (Å²) in [4.78, 5) is 176. The lowest BCUT2D eigenvalue weighted by molar-refractivity contribution is -0.150. The lowest BCUT2D eigenvalue weighted by Crippen LogP contribution is -2.59. The number of carbonyl (C=O) groups is 12. The molecule has 1 unspecified atom stereocenters. The van der Waals surface area contributed by atoms with Gasteiger partial charge in [0, 0.05) is 66.2 Å². The molecule has 23 nitrogen and oxygen atoms in total. The van der Waals surface area contributed by atoms with Crippen molar-refractivity contribution >= 4 is 70.6 Å². The Bertz CT molecular complexity index is 3000. The molecule has 0 aromatic heterocycles. The molecule has 0 aliphatic carbocycles. The Morgan fingerprint density at radius 1 is 0.500 bits per heavy atom. The van der Waals surface area contributed by atoms with Crippen molar-refractivity contribution in [3.05, 3.63) is 108 Å². The van der Waals surface area contributed by atoms with Gasteiger partial charge in [0.05, 0.1) is 12.1 Å². The summed E-state index contributed by atoms with van der Waals surface area (Å²) in [6.07, 6.45) is -0.640. The van der Waals surface area contributed by atoms with E-state index in [9.17, 15) is 62.6 Å². The summed E-state index contributed by atoms with van der Waals surface area (Å²) >= 11 is 0. The van der Waals surface area contributed by atoms with E-state index < -0.39 is 137 Å². The number of hydrogen-bond donors (Lipinski definition) is 7. The van der Waals surface area contributed by atoms with Crippen LogP contribution in [-0.4, -0.2) is 190 Å². The number of ketones is 2. The van der Waals surface area contributed by atoms with Gasteiger partial charge < -0.3 is 56.6 Å². The molecular formula is C69H100N10O13. The van der Waals surface area contributed by atoms with E-state index in [0.29, 0.717) is 23.1 Å². The molecular weight excluding hydrogens is 1180 g/mol. The summed E-state index contributed by atoms with van der Waals surface area (Å²) in [7, 11) is 5.71. The quantitative estimate of drug-likeness (QED) is 0.122. The number of aliphatic hydroxyl groups excluding tert-OH is 1. The number of nitrogens with zero attached hydrogens (tertiary/aromatic N) is 4. The van der Waals surface area contributed by atoms with E-state index in [1.807, 2.05) is 27.7 Å². The van der Waals surface area contributed by atoms with Crippen LogP contribution in [-0.2, 0) is 76.8 Å². The monoisotopic (exact) mass is 1280 g/mol. The van der Waals surface area contributed by atoms with Crippen LogP contribution >= 0.6 is 0 Å². The second-order valence-electron chi connectivity index (χ2n) is 25.5. The molecule has 0 saturated carbocycles. The van der Waals surface area contributed by atoms with Gasteiger partial charge in [-0.15, -0.1) is 0 Å². The standard InChI is InChI=1S/C69H100N10O13/c1-41(2)35-55-68(91)77(12)47(9)67(90)78(13)56(36-42(3)4)59(82)37-43(5)66(89)79(14)57(40-51-31-23-17-24-32-51)69(92)76(11)46(8)61(84)71-45(7)60(83)73-53(38-49-27-19-15-20-28-49)64(87)70-44(6)58(81)34-26-18-25-33-52(63(86)75-55)72-65(88)54(74-62(85)48(10)80)39-50-29-21-16-22-30-50/h15-17,19-24,27-32,41-48,52-57,80H,18,25-26,33-40H2,1-14H3,(H,70,87)(H,71,84)(H,72,88)(H,73,83)(H,74,85)(H,75,86)/t43-,44+,45+,46+,47+,48?,52-,53+,54+,55+,56+,57+/m1/s1. The highest BCUT2D eigenvalue weighted by Gasteiger charge is 2.40. The van der Waals surface area contributed by atoms with Gasteiger partial charge in [-0.25, -0.2) is 0 Å². The lowest BCUT2D eigenvalue weighted by Gasteiger charge is -2.36. The molecule has 12 atom stereocenters. The summed E-state index contributed by atoms with van der Waals surface area (Å²) < 4.78 is 0. The van der Waals surface area contributed by atoms with Crippen LogP contribution in [0.1, 0.15) is 137 Å². The van der Waals surface area contributed by atoms with Crippen molar-refractivity contribution in [1.29, 1.82) is 0 Å². The van der Waals surface area contributed by atoms with Crippen molar-refractivity contribution < 1.29 is 62.6 Å². The van der Waals surface area contributed by atoms with Gasteiger partial charge in [-0.2, -0.15) is 0 Å². The maximum Gasteiger partial charge on any atom is 0.249 e. The van der Waals surface area contributed by atoms with Crippen molar-refractivity contribution in [2.45, 2.75) is 206 Å². The lowest BCUT2D eigenvalue weighted by atomic mass is 9.92. The summed E-state index contributed by atoms with van der Waals surface area (Å²) in [6, 6.07) is 14.6. The normalized spacial score (nSPS) is 25.1. The van der Waals surface area contributed by atoms with E-state index in [2.05, 4.69) is 31.9 Å². The second-order valence-corrected chi connectivity index (χ2v) is 25.5. The molecule has 7 N–H and O–H groups in total. The number of likely N-dealkylation sites (N-methyl/N-ethyl adjacent to an activating group) is 4. The van der Waals surface area contributed by atoms with Gasteiger partial charge in [0.2, 0.25) is 59.1 Å². The van der Waals surface area contributed by atoms with Gasteiger partial charge >= 0.3 is 0 Å². The minimum atomic E-state index is -1.48. The number of benzene rings is 3. The predicted octanol–water partition coefficient (Wildman–Crippen LogP) is 3.61. The van der Waals surface area contributed by atoms with Gasteiger partial charge in [-0.1, -0.05) is 138 Å². The highest BCUT2D eigenvalue weighted by molar-refractivity contribution is 5.99. The number of rotatable bonds is 14. The molecule has 1 heterocycles. The predicted molar refractivity (Wildman–Crippen MR) is 348 cm³/mol. The zero-order valence-corrected chi connectivity index (χ0v) is 56.2. The van der Waals surface area contributed by atoms with Gasteiger partial charge in [0.15, 0.2) is 11.6 Å². The third-order valence-corrected chi connectivity index (χ3v) is 17.0. The molecule has 0 bridgehead atoms. The van der Waals surface area contributed by atoms with Crippen molar-refractivity contribution in [1.82, 2.24) is 51.5 Å². The minimum Gasteiger partial charge on any atom is -0.384 e. The average molecular weight is 1280 g/mol. The summed E-state index contributed by atoms with van der Waals surface area (Å²) in [5.41, 5.74) is 2.04. The molecule has 504 valence electrons. The fourth-order valence-corrected chi connectivity index (χ4v) is 10.9. The summed E-state index contributed by atoms with van der Waals surface area (Å²) in [6.45, 7) is 16.1. The second kappa shape index (κ2) is 36.6. The van der Waals surface area contributed by atoms with Gasteiger partial charge in [-0.3, -0.25) is 57.5 Å². The topological polar surface area (TPSA) is 310 Å². The molecule has 92 heavy (non-hydrogen) atoms. The number of Topliss-reactive ketones (excluding diaryl/α,β-unsaturated/α-hetero) is 2. The first kappa shape index (κ1) is 76.1. The summed E-state index contributed by atoms with van der Waals surface area (Å²) in [5.74, 6) is -9.05. The highest BCUT2D eigenvalue weighted by Crippen LogP contribution is 2.23. The molecule has 4 rings (SSSR count). The van der Waals surface area contributed by atoms with Crippen LogP contribution in [0.3, 0.4) is 0 Å². The molecule has 1 aliphatic heterocycles. The van der Waals surface area contributed by atoms with Crippen LogP contribution in [0, 0.1) is 17.8 Å². The van der Waals surface area contributed by atoms with E-state index in [4.69, 9.17) is 0 Å². The van der Waals surface area contributed by atoms with Gasteiger partial charge in [0.1, 0.15) is 54.4 Å². The van der Waals surface area contributed by atoms with Crippen LogP contribution in [0.15, 0.2) is 91.0 Å². The van der Waals surface area contributed by atoms with Crippen LogP contribution in [0.25, 0.3) is 0 Å². The highest BCUT2D eigenvalue weighted by atomic mass is 16.3. The van der Waals surface area contributed by atoms with E-state index in [1.54, 1.807) is 97.9 Å². The van der Waals surface area contributed by atoms with Crippen molar-refractivity contribution in [2.24, 2.45) is 17.8 Å². The Balaban J connectivity index is 1.77. The molecule has 3 aromatic rings. The Morgan fingerprint density at radius 2 is 1.01 bits per heavy atom. The Morgan fingerprint density at radius 3 is 1.57 bits per heavy atom. The smallest absolute Gasteiger partial charge is 0.249 e. The number of hydrogen-bond acceptors (Lipinski definition) is 13. The minimum absolute atomic E-state index is 0.00785. The average Bonchev–Trinajstić information content (AvgIpc) is 1.24. The van der Waals surface area contributed by atoms with E-state index in [0.717, 1.165) is 0 Å². The number of amides is 10. The maximum atomic E-state index is 14.7. The molecule has 3 aromatic carbocycles. The van der Waals surface area contributed by atoms with Crippen molar-refractivity contribution in [3.63, 3.8) is 0 Å². The third kappa shape index (κ3) is 23.1. The van der Waals surface area contributed by atoms with Crippen molar-refractivity contribution in [2.75, 3.05) is 28.2 Å². The molecule has 1 fully saturated rings. The van der Waals surface area contributed by atoms with Crippen LogP contribution in [0.4, 0.5) is 0 Å². The number of aliphatic hydroxyl groups is 1. The maximum absolute atomic E-state index is 14.7. The van der Waals surface area contributed by atoms with Crippen molar-refractivity contribution in [3.8, 4) is 0 Å². The fourth-order valence-electron chi connectivity index (χ4n) is 10.9. The first-order valence-electron chi connectivity index (χ1n) is 32.1.